The third-order valence-electron chi connectivity index (χ3n) is 6.70. The van der Waals surface area contributed by atoms with Crippen LogP contribution in [0.1, 0.15) is 57.1 Å². The lowest BCUT2D eigenvalue weighted by Gasteiger charge is -2.28. The highest BCUT2D eigenvalue weighted by Crippen LogP contribution is 2.28. The lowest BCUT2D eigenvalue weighted by atomic mass is 10.1. The largest absolute Gasteiger partial charge is 0.493 e. The van der Waals surface area contributed by atoms with Gasteiger partial charge in [-0.1, -0.05) is 51.0 Å². The van der Waals surface area contributed by atoms with Crippen LogP contribution in [0.4, 0.5) is 0 Å². The van der Waals surface area contributed by atoms with Gasteiger partial charge in [-0.2, -0.15) is 0 Å². The van der Waals surface area contributed by atoms with Crippen LogP contribution in [0.3, 0.4) is 0 Å². The molecule has 0 saturated heterocycles. The van der Waals surface area contributed by atoms with Crippen molar-refractivity contribution in [3.8, 4) is 11.5 Å². The smallest absolute Gasteiger partial charge is 0.242 e. The first-order chi connectivity index (χ1) is 18.0. The molecule has 37 heavy (non-hydrogen) atoms. The number of para-hydroxylation sites is 1. The van der Waals surface area contributed by atoms with Crippen LogP contribution in [-0.2, 0) is 22.6 Å². The molecule has 1 N–H and O–H groups in total. The van der Waals surface area contributed by atoms with Gasteiger partial charge in [0, 0.05) is 43.2 Å². The number of carbonyl (C=O) groups is 2. The average Bonchev–Trinajstić information content (AvgIpc) is 3.34. The second-order valence-electron chi connectivity index (χ2n) is 9.39. The number of H-pyrrole nitrogens is 1. The Hall–Kier alpha value is -3.48. The molecule has 1 heterocycles. The van der Waals surface area contributed by atoms with Crippen molar-refractivity contribution in [1.29, 1.82) is 0 Å². The summed E-state index contributed by atoms with van der Waals surface area (Å²) in [5, 5.41) is 1.17. The molecule has 7 heteroatoms. The highest BCUT2D eigenvalue weighted by Gasteiger charge is 2.22. The van der Waals surface area contributed by atoms with E-state index in [9.17, 15) is 9.59 Å². The van der Waals surface area contributed by atoms with Gasteiger partial charge < -0.3 is 24.3 Å². The number of aromatic amines is 1. The van der Waals surface area contributed by atoms with Crippen LogP contribution in [0.25, 0.3) is 10.9 Å². The zero-order valence-electron chi connectivity index (χ0n) is 22.7. The molecule has 0 bridgehead atoms. The quantitative estimate of drug-likeness (QED) is 0.292. The topological polar surface area (TPSA) is 74.9 Å². The van der Waals surface area contributed by atoms with E-state index in [4.69, 9.17) is 9.47 Å². The summed E-state index contributed by atoms with van der Waals surface area (Å²) in [6.07, 6.45) is 6.87. The van der Waals surface area contributed by atoms with Gasteiger partial charge in [-0.15, -0.1) is 0 Å². The molecule has 3 aromatic rings. The number of amides is 2. The summed E-state index contributed by atoms with van der Waals surface area (Å²) in [6, 6.07) is 13.9. The zero-order chi connectivity index (χ0) is 26.6. The highest BCUT2D eigenvalue weighted by molar-refractivity contribution is 5.85. The third-order valence-corrected chi connectivity index (χ3v) is 6.70. The number of hydrogen-bond donors (Lipinski definition) is 1. The molecule has 0 aliphatic heterocycles. The fourth-order valence-electron chi connectivity index (χ4n) is 4.48. The number of benzene rings is 2. The summed E-state index contributed by atoms with van der Waals surface area (Å²) in [6.45, 7) is 5.85. The van der Waals surface area contributed by atoms with Crippen molar-refractivity contribution < 1.29 is 19.1 Å². The van der Waals surface area contributed by atoms with Gasteiger partial charge in [-0.25, -0.2) is 0 Å². The zero-order valence-corrected chi connectivity index (χ0v) is 22.7. The van der Waals surface area contributed by atoms with Crippen LogP contribution < -0.4 is 9.47 Å². The van der Waals surface area contributed by atoms with Gasteiger partial charge in [0.1, 0.15) is 0 Å². The van der Waals surface area contributed by atoms with Gasteiger partial charge in [0.2, 0.25) is 11.8 Å². The number of rotatable bonds is 15. The van der Waals surface area contributed by atoms with E-state index in [-0.39, 0.29) is 18.4 Å². The van der Waals surface area contributed by atoms with Crippen LogP contribution in [0.5, 0.6) is 11.5 Å². The second kappa shape index (κ2) is 14.3. The summed E-state index contributed by atoms with van der Waals surface area (Å²) in [7, 11) is 3.21. The first-order valence-electron chi connectivity index (χ1n) is 13.3. The Morgan fingerprint density at radius 3 is 2.35 bits per heavy atom. The maximum absolute atomic E-state index is 13.7. The van der Waals surface area contributed by atoms with E-state index < -0.39 is 0 Å². The van der Waals surface area contributed by atoms with Crippen LogP contribution in [0.2, 0.25) is 0 Å². The predicted octanol–water partition coefficient (Wildman–Crippen LogP) is 5.58. The Labute approximate surface area is 220 Å². The third kappa shape index (κ3) is 7.75. The van der Waals surface area contributed by atoms with Crippen molar-refractivity contribution in [2.45, 2.75) is 58.9 Å². The lowest BCUT2D eigenvalue weighted by molar-refractivity contribution is -0.141. The summed E-state index contributed by atoms with van der Waals surface area (Å²) in [4.78, 5) is 33.5. The molecule has 200 valence electrons. The predicted molar refractivity (Wildman–Crippen MR) is 148 cm³/mol. The minimum Gasteiger partial charge on any atom is -0.493 e. The summed E-state index contributed by atoms with van der Waals surface area (Å²) >= 11 is 0. The maximum atomic E-state index is 13.7. The number of carbonyl (C=O) groups excluding carboxylic acids is 2. The number of aromatic nitrogens is 1. The van der Waals surface area contributed by atoms with E-state index in [2.05, 4.69) is 31.0 Å². The Balaban J connectivity index is 1.81. The molecule has 7 nitrogen and oxygen atoms in total. The summed E-state index contributed by atoms with van der Waals surface area (Å²) < 4.78 is 10.9. The minimum atomic E-state index is -0.0458. The Kier molecular flexibility index (Phi) is 10.9. The van der Waals surface area contributed by atoms with Crippen LogP contribution in [0, 0.1) is 0 Å². The molecule has 0 saturated carbocycles. The first-order valence-corrected chi connectivity index (χ1v) is 13.3. The second-order valence-corrected chi connectivity index (χ2v) is 9.39. The summed E-state index contributed by atoms with van der Waals surface area (Å²) in [5.74, 6) is 1.29. The normalized spacial score (nSPS) is 10.9. The molecule has 0 aliphatic carbocycles. The SMILES string of the molecule is CCCCC(=O)N(CCCC)CC(=O)N(CCc1c[nH]c2ccccc12)Cc1ccc(OC)c(OC)c1. The van der Waals surface area contributed by atoms with Gasteiger partial charge >= 0.3 is 0 Å². The molecule has 0 fully saturated rings. The van der Waals surface area contributed by atoms with Crippen LogP contribution in [-0.4, -0.2) is 60.5 Å². The van der Waals surface area contributed by atoms with Gasteiger partial charge in [0.05, 0.1) is 20.8 Å². The molecule has 3 rings (SSSR count). The first kappa shape index (κ1) is 28.1. The summed E-state index contributed by atoms with van der Waals surface area (Å²) in [5.41, 5.74) is 3.20. The van der Waals surface area contributed by atoms with Gasteiger partial charge in [0.15, 0.2) is 11.5 Å². The monoisotopic (exact) mass is 507 g/mol. The number of fused-ring (bicyclic) bond motifs is 1. The van der Waals surface area contributed by atoms with Crippen molar-refractivity contribution in [2.75, 3.05) is 33.9 Å². The van der Waals surface area contributed by atoms with E-state index in [0.29, 0.717) is 44.0 Å². The number of ether oxygens (including phenoxy) is 2. The lowest BCUT2D eigenvalue weighted by Crippen LogP contribution is -2.43. The van der Waals surface area contributed by atoms with E-state index in [0.717, 1.165) is 36.8 Å². The number of nitrogens with one attached hydrogen (secondary N) is 1. The molecule has 2 amide bonds. The Morgan fingerprint density at radius 1 is 0.865 bits per heavy atom. The number of methoxy groups -OCH3 is 2. The molecule has 2 aromatic carbocycles. The van der Waals surface area contributed by atoms with Crippen molar-refractivity contribution in [3.63, 3.8) is 0 Å². The Bertz CT molecular complexity index is 1160. The molecule has 0 unspecified atom stereocenters. The van der Waals surface area contributed by atoms with Crippen LogP contribution in [0.15, 0.2) is 48.7 Å². The van der Waals surface area contributed by atoms with E-state index in [1.165, 1.54) is 10.9 Å². The van der Waals surface area contributed by atoms with Crippen molar-refractivity contribution in [1.82, 2.24) is 14.8 Å². The number of nitrogens with zero attached hydrogens (tertiary/aromatic N) is 2. The van der Waals surface area contributed by atoms with E-state index in [1.807, 2.05) is 41.4 Å². The molecule has 0 spiro atoms. The van der Waals surface area contributed by atoms with Crippen molar-refractivity contribution in [3.05, 3.63) is 59.8 Å². The number of unbranched alkanes of at least 4 members (excludes halogenated alkanes) is 2. The Morgan fingerprint density at radius 2 is 1.62 bits per heavy atom. The maximum Gasteiger partial charge on any atom is 0.242 e. The minimum absolute atomic E-state index is 0.0458. The molecule has 0 radical (unpaired) electrons. The van der Waals surface area contributed by atoms with Crippen molar-refractivity contribution in [2.24, 2.45) is 0 Å². The molecular weight excluding hydrogens is 466 g/mol. The van der Waals surface area contributed by atoms with Gasteiger partial charge in [0.25, 0.3) is 0 Å². The molecular formula is C30H41N3O4. The molecule has 1 aromatic heterocycles. The number of hydrogen-bond acceptors (Lipinski definition) is 4. The van der Waals surface area contributed by atoms with Gasteiger partial charge in [-0.3, -0.25) is 9.59 Å². The fourth-order valence-corrected chi connectivity index (χ4v) is 4.48. The highest BCUT2D eigenvalue weighted by atomic mass is 16.5. The standard InChI is InChI=1S/C30H41N3O4/c1-5-7-13-29(34)32(17-8-6-2)22-30(35)33(21-23-14-15-27(36-3)28(19-23)37-4)18-16-24-20-31-26-12-10-9-11-25(24)26/h9-12,14-15,19-20,31H,5-8,13,16-18,21-22H2,1-4H3. The van der Waals surface area contributed by atoms with E-state index in [1.54, 1.807) is 19.1 Å². The fraction of sp³-hybridized carbons (Fsp3) is 0.467. The average molecular weight is 508 g/mol. The van der Waals surface area contributed by atoms with Crippen molar-refractivity contribution >= 4 is 22.7 Å². The van der Waals surface area contributed by atoms with E-state index >= 15 is 0 Å². The molecule has 0 aliphatic rings. The van der Waals surface area contributed by atoms with Crippen LogP contribution >= 0.6 is 0 Å². The molecule has 0 atom stereocenters. The van der Waals surface area contributed by atoms with Gasteiger partial charge in [-0.05, 0) is 48.6 Å².